The predicted molar refractivity (Wildman–Crippen MR) is 56.4 cm³/mol. The fourth-order valence-electron chi connectivity index (χ4n) is 1.07. The Balaban J connectivity index is 2.93. The van der Waals surface area contributed by atoms with Crippen LogP contribution in [0.2, 0.25) is 0 Å². The van der Waals surface area contributed by atoms with Gasteiger partial charge in [-0.1, -0.05) is 12.2 Å². The Bertz CT molecular complexity index is 379. The lowest BCUT2D eigenvalue weighted by atomic mass is 10.3. The Hall–Kier alpha value is -0.965. The average Bonchev–Trinajstić information content (AvgIpc) is 2.26. The third-order valence-corrected chi connectivity index (χ3v) is 2.96. The maximum atomic E-state index is 11.2. The zero-order valence-electron chi connectivity index (χ0n) is 7.74. The lowest BCUT2D eigenvalue weighted by Gasteiger charge is -1.97. The molecule has 0 atom stereocenters. The molecule has 1 N–H and O–H groups in total. The van der Waals surface area contributed by atoms with Gasteiger partial charge in [0, 0.05) is 12.0 Å². The van der Waals surface area contributed by atoms with Crippen LogP contribution < -0.4 is 5.23 Å². The number of allylic oxidation sites excluding steroid dienone is 4. The van der Waals surface area contributed by atoms with E-state index in [9.17, 15) is 8.42 Å². The first-order valence-electron chi connectivity index (χ1n) is 4.00. The van der Waals surface area contributed by atoms with Gasteiger partial charge < -0.3 is 5.23 Å². The van der Waals surface area contributed by atoms with E-state index in [0.29, 0.717) is 11.3 Å². The summed E-state index contributed by atoms with van der Waals surface area (Å²) in [5, 5.41) is 2.96. The van der Waals surface area contributed by atoms with Gasteiger partial charge in [-0.25, -0.2) is 8.42 Å². The highest BCUT2D eigenvalue weighted by Crippen LogP contribution is 2.13. The van der Waals surface area contributed by atoms with Crippen molar-refractivity contribution in [2.24, 2.45) is 0 Å². The molecule has 1 aliphatic carbocycles. The largest absolute Gasteiger partial charge is 0.434 e. The Morgan fingerprint density at radius 2 is 2.08 bits per heavy atom. The standard InChI is InChI=1S/C8H12BNO2S/c1-13(11,12)8-4-2-3-7(10-9)5-6-8/h3-6,10H,2,9H2,1H3. The lowest BCUT2D eigenvalue weighted by molar-refractivity contribution is 0.608. The van der Waals surface area contributed by atoms with Gasteiger partial charge in [0.05, 0.1) is 4.91 Å². The summed E-state index contributed by atoms with van der Waals surface area (Å²) in [5.41, 5.74) is 0.940. The second kappa shape index (κ2) is 3.83. The molecule has 0 aromatic rings. The fraction of sp³-hybridized carbons (Fsp3) is 0.250. The second-order valence-corrected chi connectivity index (χ2v) is 4.87. The van der Waals surface area contributed by atoms with Crippen molar-refractivity contribution in [1.29, 1.82) is 0 Å². The summed E-state index contributed by atoms with van der Waals surface area (Å²) < 4.78 is 22.3. The molecule has 0 aromatic carbocycles. The van der Waals surface area contributed by atoms with E-state index >= 15 is 0 Å². The lowest BCUT2D eigenvalue weighted by Crippen LogP contribution is -2.04. The number of sulfone groups is 1. The molecule has 0 fully saturated rings. The minimum atomic E-state index is -3.07. The topological polar surface area (TPSA) is 46.2 Å². The first kappa shape index (κ1) is 10.1. The molecule has 0 saturated carbocycles. The molecule has 0 saturated heterocycles. The van der Waals surface area contributed by atoms with Crippen LogP contribution >= 0.6 is 0 Å². The van der Waals surface area contributed by atoms with Crippen LogP contribution in [0.1, 0.15) is 6.42 Å². The summed E-state index contributed by atoms with van der Waals surface area (Å²) >= 11 is 0. The van der Waals surface area contributed by atoms with Crippen molar-refractivity contribution in [3.63, 3.8) is 0 Å². The Labute approximate surface area is 79.6 Å². The van der Waals surface area contributed by atoms with Crippen molar-refractivity contribution >= 4 is 17.8 Å². The molecule has 0 aromatic heterocycles. The van der Waals surface area contributed by atoms with Crippen molar-refractivity contribution in [3.05, 3.63) is 34.9 Å². The molecular formula is C8H12BNO2S. The van der Waals surface area contributed by atoms with Crippen LogP contribution in [0.5, 0.6) is 0 Å². The molecule has 0 aliphatic heterocycles. The molecule has 0 spiro atoms. The summed E-state index contributed by atoms with van der Waals surface area (Å²) in [7, 11) is -1.26. The van der Waals surface area contributed by atoms with Gasteiger partial charge in [0.25, 0.3) is 0 Å². The van der Waals surface area contributed by atoms with Crippen molar-refractivity contribution in [2.45, 2.75) is 6.42 Å². The minimum absolute atomic E-state index is 0.383. The molecule has 0 bridgehead atoms. The number of nitrogens with one attached hydrogen (secondary N) is 1. The van der Waals surface area contributed by atoms with Crippen LogP contribution in [0.4, 0.5) is 0 Å². The van der Waals surface area contributed by atoms with Crippen LogP contribution in [-0.4, -0.2) is 22.7 Å². The van der Waals surface area contributed by atoms with E-state index in [0.717, 1.165) is 5.70 Å². The molecule has 13 heavy (non-hydrogen) atoms. The average molecular weight is 197 g/mol. The molecule has 0 unspecified atom stereocenters. The number of hydrogen-bond acceptors (Lipinski definition) is 3. The van der Waals surface area contributed by atoms with Gasteiger partial charge in [-0.15, -0.1) is 0 Å². The Kier molecular flexibility index (Phi) is 2.98. The summed E-state index contributed by atoms with van der Waals surface area (Å²) in [4.78, 5) is 0.383. The monoisotopic (exact) mass is 197 g/mol. The quantitative estimate of drug-likeness (QED) is 0.628. The highest BCUT2D eigenvalue weighted by Gasteiger charge is 2.08. The first-order valence-corrected chi connectivity index (χ1v) is 5.89. The van der Waals surface area contributed by atoms with E-state index in [4.69, 9.17) is 0 Å². The zero-order valence-corrected chi connectivity index (χ0v) is 8.56. The first-order chi connectivity index (χ1) is 6.04. The van der Waals surface area contributed by atoms with E-state index in [1.165, 1.54) is 6.26 Å². The van der Waals surface area contributed by atoms with Crippen LogP contribution in [0.25, 0.3) is 0 Å². The van der Waals surface area contributed by atoms with Gasteiger partial charge in [-0.3, -0.25) is 0 Å². The van der Waals surface area contributed by atoms with Crippen LogP contribution in [0.3, 0.4) is 0 Å². The van der Waals surface area contributed by atoms with E-state index in [-0.39, 0.29) is 0 Å². The zero-order chi connectivity index (χ0) is 9.90. The van der Waals surface area contributed by atoms with Gasteiger partial charge in [0.1, 0.15) is 0 Å². The molecule has 1 rings (SSSR count). The number of rotatable bonds is 2. The van der Waals surface area contributed by atoms with E-state index < -0.39 is 9.84 Å². The predicted octanol–water partition coefficient (Wildman–Crippen LogP) is -0.104. The Morgan fingerprint density at radius 1 is 1.38 bits per heavy atom. The normalized spacial score (nSPS) is 17.3. The SMILES string of the molecule is BNC1=CCC=C(S(C)(=O)=O)C=C1. The maximum Gasteiger partial charge on any atom is 0.213 e. The number of hydrogen-bond donors (Lipinski definition) is 1. The third kappa shape index (κ3) is 2.77. The molecule has 0 radical (unpaired) electrons. The molecule has 1 aliphatic rings. The molecule has 5 heteroatoms. The van der Waals surface area contributed by atoms with Crippen LogP contribution in [0.15, 0.2) is 34.9 Å². The minimum Gasteiger partial charge on any atom is -0.434 e. The molecule has 3 nitrogen and oxygen atoms in total. The van der Waals surface area contributed by atoms with E-state index in [1.54, 1.807) is 18.2 Å². The molecule has 0 amide bonds. The van der Waals surface area contributed by atoms with Crippen molar-refractivity contribution < 1.29 is 8.42 Å². The van der Waals surface area contributed by atoms with Gasteiger partial charge in [-0.05, 0) is 18.6 Å². The Morgan fingerprint density at radius 3 is 2.62 bits per heavy atom. The van der Waals surface area contributed by atoms with Crippen molar-refractivity contribution in [1.82, 2.24) is 5.23 Å². The highest BCUT2D eigenvalue weighted by atomic mass is 32.2. The second-order valence-electron chi connectivity index (χ2n) is 2.86. The van der Waals surface area contributed by atoms with E-state index in [1.807, 2.05) is 14.1 Å². The van der Waals surface area contributed by atoms with Crippen LogP contribution in [0, 0.1) is 0 Å². The van der Waals surface area contributed by atoms with Crippen molar-refractivity contribution in [3.8, 4) is 0 Å². The summed E-state index contributed by atoms with van der Waals surface area (Å²) in [6.45, 7) is 0. The summed E-state index contributed by atoms with van der Waals surface area (Å²) in [6.07, 6.45) is 8.88. The van der Waals surface area contributed by atoms with Gasteiger partial charge >= 0.3 is 0 Å². The van der Waals surface area contributed by atoms with Crippen molar-refractivity contribution in [2.75, 3.05) is 6.26 Å². The molecular weight excluding hydrogens is 185 g/mol. The highest BCUT2D eigenvalue weighted by molar-refractivity contribution is 7.94. The van der Waals surface area contributed by atoms with Crippen LogP contribution in [-0.2, 0) is 9.84 Å². The third-order valence-electron chi connectivity index (χ3n) is 1.80. The molecule has 70 valence electrons. The summed E-state index contributed by atoms with van der Waals surface area (Å²) in [5.74, 6) is 0. The van der Waals surface area contributed by atoms with Gasteiger partial charge in [0.2, 0.25) is 7.98 Å². The van der Waals surface area contributed by atoms with Gasteiger partial charge in [-0.2, -0.15) is 0 Å². The fourth-order valence-corrected chi connectivity index (χ4v) is 1.78. The van der Waals surface area contributed by atoms with E-state index in [2.05, 4.69) is 5.23 Å². The van der Waals surface area contributed by atoms with Gasteiger partial charge in [0.15, 0.2) is 9.84 Å². The molecule has 0 heterocycles. The maximum absolute atomic E-state index is 11.2. The smallest absolute Gasteiger partial charge is 0.213 e. The summed E-state index contributed by atoms with van der Waals surface area (Å²) in [6, 6.07) is 0.